The van der Waals surface area contributed by atoms with Crippen molar-refractivity contribution in [2.45, 2.75) is 44.1 Å². The summed E-state index contributed by atoms with van der Waals surface area (Å²) in [6.07, 6.45) is 7.75. The van der Waals surface area contributed by atoms with Gasteiger partial charge < -0.3 is 10.6 Å². The molecule has 1 aromatic carbocycles. The average Bonchev–Trinajstić information content (AvgIpc) is 2.61. The number of halogens is 1. The van der Waals surface area contributed by atoms with Crippen molar-refractivity contribution < 1.29 is 4.79 Å². The van der Waals surface area contributed by atoms with E-state index in [1.807, 2.05) is 24.3 Å². The predicted molar refractivity (Wildman–Crippen MR) is 92.2 cm³/mol. The summed E-state index contributed by atoms with van der Waals surface area (Å²) in [4.78, 5) is 12.4. The van der Waals surface area contributed by atoms with Crippen molar-refractivity contribution in [3.8, 4) is 0 Å². The minimum atomic E-state index is -0.0257. The van der Waals surface area contributed by atoms with Crippen LogP contribution in [0.2, 0.25) is 0 Å². The lowest BCUT2D eigenvalue weighted by Crippen LogP contribution is -2.54. The molecule has 3 bridgehead atoms. The van der Waals surface area contributed by atoms with Gasteiger partial charge in [0.1, 0.15) is 0 Å². The Bertz CT molecular complexity index is 558. The van der Waals surface area contributed by atoms with Gasteiger partial charge in [-0.3, -0.25) is 0 Å². The Morgan fingerprint density at radius 2 is 1.90 bits per heavy atom. The Balaban J connectivity index is 1.45. The van der Waals surface area contributed by atoms with Gasteiger partial charge in [0.25, 0.3) is 0 Å². The lowest BCUT2D eigenvalue weighted by Gasteiger charge is -2.43. The lowest BCUT2D eigenvalue weighted by molar-refractivity contribution is 0.131. The summed E-state index contributed by atoms with van der Waals surface area (Å²) < 4.78 is 1.18. The molecule has 4 rings (SSSR count). The second-order valence-electron chi connectivity index (χ2n) is 7.12. The summed E-state index contributed by atoms with van der Waals surface area (Å²) >= 11 is 2.27. The zero-order valence-corrected chi connectivity index (χ0v) is 14.2. The Morgan fingerprint density at radius 3 is 2.71 bits per heavy atom. The molecule has 0 saturated heterocycles. The molecule has 0 aliphatic heterocycles. The first-order chi connectivity index (χ1) is 10.1. The molecule has 0 heterocycles. The highest BCUT2D eigenvalue weighted by atomic mass is 127. The fourth-order valence-corrected chi connectivity index (χ4v) is 5.36. The second kappa shape index (κ2) is 5.14. The molecule has 3 nitrogen and oxygen atoms in total. The molecule has 3 aliphatic carbocycles. The van der Waals surface area contributed by atoms with Crippen LogP contribution in [0.4, 0.5) is 10.5 Å². The Morgan fingerprint density at radius 1 is 1.14 bits per heavy atom. The van der Waals surface area contributed by atoms with E-state index in [0.29, 0.717) is 0 Å². The van der Waals surface area contributed by atoms with Gasteiger partial charge in [-0.1, -0.05) is 0 Å². The highest BCUT2D eigenvalue weighted by Gasteiger charge is 2.54. The topological polar surface area (TPSA) is 41.1 Å². The van der Waals surface area contributed by atoms with Crippen LogP contribution in [0.25, 0.3) is 0 Å². The number of carbonyl (C=O) groups excluding carboxylic acids is 1. The molecule has 1 aromatic rings. The average molecular weight is 396 g/mol. The van der Waals surface area contributed by atoms with Gasteiger partial charge in [-0.25, -0.2) is 4.79 Å². The molecule has 2 amide bonds. The smallest absolute Gasteiger partial charge is 0.319 e. The third-order valence-electron chi connectivity index (χ3n) is 5.80. The molecule has 21 heavy (non-hydrogen) atoms. The summed E-state index contributed by atoms with van der Waals surface area (Å²) in [6.45, 7) is 0. The number of nitrogens with one attached hydrogen (secondary N) is 2. The zero-order valence-electron chi connectivity index (χ0n) is 12.1. The van der Waals surface area contributed by atoms with Gasteiger partial charge in [-0.2, -0.15) is 0 Å². The zero-order chi connectivity index (χ0) is 14.4. The van der Waals surface area contributed by atoms with E-state index in [0.717, 1.165) is 23.4 Å². The molecule has 2 N–H and O–H groups in total. The van der Waals surface area contributed by atoms with Gasteiger partial charge in [0.15, 0.2) is 0 Å². The molecule has 3 saturated carbocycles. The summed E-state index contributed by atoms with van der Waals surface area (Å²) in [7, 11) is 0. The number of rotatable bonds is 2. The number of fused-ring (bicyclic) bond motifs is 2. The second-order valence-corrected chi connectivity index (χ2v) is 8.37. The first-order valence-corrected chi connectivity index (χ1v) is 9.05. The Kier molecular flexibility index (Phi) is 3.39. The van der Waals surface area contributed by atoms with Crippen LogP contribution in [-0.4, -0.2) is 11.6 Å². The van der Waals surface area contributed by atoms with Crippen LogP contribution in [0.5, 0.6) is 0 Å². The summed E-state index contributed by atoms with van der Waals surface area (Å²) in [5.74, 6) is 2.51. The van der Waals surface area contributed by atoms with Crippen LogP contribution >= 0.6 is 22.6 Å². The molecule has 0 radical (unpaired) electrons. The van der Waals surface area contributed by atoms with Gasteiger partial charge in [-0.15, -0.1) is 0 Å². The van der Waals surface area contributed by atoms with Crippen LogP contribution in [-0.2, 0) is 0 Å². The Labute approximate surface area is 139 Å². The number of anilines is 1. The summed E-state index contributed by atoms with van der Waals surface area (Å²) in [6, 6.07) is 7.93. The number of hydrogen-bond acceptors (Lipinski definition) is 1. The van der Waals surface area contributed by atoms with E-state index < -0.39 is 0 Å². The molecular formula is C17H21IN2O. The highest BCUT2D eigenvalue weighted by molar-refractivity contribution is 14.1. The first kappa shape index (κ1) is 13.9. The van der Waals surface area contributed by atoms with Crippen LogP contribution < -0.4 is 10.6 Å². The van der Waals surface area contributed by atoms with Crippen molar-refractivity contribution in [2.75, 3.05) is 5.32 Å². The van der Waals surface area contributed by atoms with Crippen molar-refractivity contribution >= 4 is 34.3 Å². The van der Waals surface area contributed by atoms with Crippen molar-refractivity contribution in [3.05, 3.63) is 27.8 Å². The van der Waals surface area contributed by atoms with E-state index in [1.165, 1.54) is 42.1 Å². The maximum atomic E-state index is 12.4. The molecule has 3 aliphatic rings. The van der Waals surface area contributed by atoms with E-state index in [-0.39, 0.29) is 11.6 Å². The van der Waals surface area contributed by atoms with E-state index in [2.05, 4.69) is 33.2 Å². The minimum absolute atomic E-state index is 0.0257. The first-order valence-electron chi connectivity index (χ1n) is 7.98. The quantitative estimate of drug-likeness (QED) is 0.716. The number of benzene rings is 1. The number of carbonyl (C=O) groups is 1. The molecule has 0 aromatic heterocycles. The highest BCUT2D eigenvalue weighted by Crippen LogP contribution is 2.57. The molecular weight excluding hydrogens is 375 g/mol. The molecule has 3 fully saturated rings. The van der Waals surface area contributed by atoms with E-state index in [9.17, 15) is 4.79 Å². The number of amides is 2. The van der Waals surface area contributed by atoms with Gasteiger partial charge >= 0.3 is 6.03 Å². The third kappa shape index (κ3) is 2.56. The molecule has 4 atom stereocenters. The van der Waals surface area contributed by atoms with E-state index in [1.54, 1.807) is 0 Å². The largest absolute Gasteiger partial charge is 0.332 e. The fourth-order valence-electron chi connectivity index (χ4n) is 5.01. The standard InChI is InChI=1S/C17H21IN2O/c18-14-1-3-15(4-2-14)19-16(21)20-17-6-5-11-7-12(10-17)9-13(17)8-11/h1-4,11-13H,5-10H2,(H2,19,20,21). The molecule has 4 heteroatoms. The van der Waals surface area contributed by atoms with Crippen molar-refractivity contribution in [3.63, 3.8) is 0 Å². The maximum absolute atomic E-state index is 12.4. The lowest BCUT2D eigenvalue weighted by atomic mass is 9.69. The fraction of sp³-hybridized carbons (Fsp3) is 0.588. The number of urea groups is 1. The predicted octanol–water partition coefficient (Wildman–Crippen LogP) is 4.38. The van der Waals surface area contributed by atoms with Gasteiger partial charge in [0.2, 0.25) is 0 Å². The normalized spacial score (nSPS) is 36.5. The third-order valence-corrected chi connectivity index (χ3v) is 6.52. The molecule has 0 spiro atoms. The van der Waals surface area contributed by atoms with Crippen LogP contribution in [0.1, 0.15) is 38.5 Å². The Hall–Kier alpha value is -0.780. The SMILES string of the molecule is O=C(Nc1ccc(I)cc1)NC12CCC3CC(CC1C3)C2. The van der Waals surface area contributed by atoms with Crippen LogP contribution in [0.3, 0.4) is 0 Å². The van der Waals surface area contributed by atoms with E-state index >= 15 is 0 Å². The van der Waals surface area contributed by atoms with Crippen molar-refractivity contribution in [2.24, 2.45) is 17.8 Å². The molecule has 4 unspecified atom stereocenters. The summed E-state index contributed by atoms with van der Waals surface area (Å²) in [5.41, 5.74) is 0.962. The monoisotopic (exact) mass is 396 g/mol. The van der Waals surface area contributed by atoms with Crippen LogP contribution in [0.15, 0.2) is 24.3 Å². The van der Waals surface area contributed by atoms with Gasteiger partial charge in [0.05, 0.1) is 0 Å². The number of hydrogen-bond donors (Lipinski definition) is 2. The summed E-state index contributed by atoms with van der Waals surface area (Å²) in [5, 5.41) is 6.36. The van der Waals surface area contributed by atoms with Crippen molar-refractivity contribution in [1.82, 2.24) is 5.32 Å². The van der Waals surface area contributed by atoms with Crippen LogP contribution in [0, 0.1) is 21.3 Å². The van der Waals surface area contributed by atoms with Gasteiger partial charge in [0, 0.05) is 14.8 Å². The van der Waals surface area contributed by atoms with Gasteiger partial charge in [-0.05, 0) is 103 Å². The van der Waals surface area contributed by atoms with Crippen molar-refractivity contribution in [1.29, 1.82) is 0 Å². The minimum Gasteiger partial charge on any atom is -0.332 e. The molecule has 112 valence electrons. The maximum Gasteiger partial charge on any atom is 0.319 e. The van der Waals surface area contributed by atoms with E-state index in [4.69, 9.17) is 0 Å².